The molecule has 0 amide bonds. The molecule has 4 nitrogen and oxygen atoms in total. The van der Waals surface area contributed by atoms with Gasteiger partial charge in [0.1, 0.15) is 0 Å². The van der Waals surface area contributed by atoms with E-state index in [1.165, 1.54) is 0 Å². The van der Waals surface area contributed by atoms with E-state index in [0.717, 1.165) is 11.1 Å². The molecule has 15 heavy (non-hydrogen) atoms. The Hall–Kier alpha value is -1.59. The first-order valence-corrected chi connectivity index (χ1v) is 5.47. The predicted octanol–water partition coefficient (Wildman–Crippen LogP) is 1.78. The van der Waals surface area contributed by atoms with Crippen LogP contribution in [0.2, 0.25) is 0 Å². The van der Waals surface area contributed by atoms with Crippen molar-refractivity contribution in [1.29, 1.82) is 0 Å². The number of hydrogen-bond donors (Lipinski definition) is 3. The van der Waals surface area contributed by atoms with Gasteiger partial charge in [0.05, 0.1) is 0 Å². The third kappa shape index (κ3) is 2.45. The van der Waals surface area contributed by atoms with Crippen LogP contribution in [0, 0.1) is 0 Å². The monoisotopic (exact) mass is 222 g/mol. The summed E-state index contributed by atoms with van der Waals surface area (Å²) in [6, 6.07) is 5.46. The largest absolute Gasteiger partial charge is 0.368 e. The lowest BCUT2D eigenvalue weighted by molar-refractivity contribution is 0.570. The zero-order valence-electron chi connectivity index (χ0n) is 7.81. The predicted molar refractivity (Wildman–Crippen MR) is 62.0 cm³/mol. The van der Waals surface area contributed by atoms with E-state index >= 15 is 0 Å². The summed E-state index contributed by atoms with van der Waals surface area (Å²) in [6.07, 6.45) is 7.48. The first kappa shape index (κ1) is 9.95. The van der Waals surface area contributed by atoms with Gasteiger partial charge in [-0.05, 0) is 35.4 Å². The van der Waals surface area contributed by atoms with Crippen LogP contribution in [0.4, 0.5) is 5.69 Å². The minimum atomic E-state index is -2.03. The van der Waals surface area contributed by atoms with Crippen molar-refractivity contribution in [2.75, 3.05) is 4.72 Å². The van der Waals surface area contributed by atoms with E-state index in [-0.39, 0.29) is 0 Å². The van der Waals surface area contributed by atoms with Crippen molar-refractivity contribution in [3.63, 3.8) is 0 Å². The SMILES string of the molecule is O=S(O)Nc1ccc2c(c1)C=CNC=C2. The molecule has 1 unspecified atom stereocenters. The van der Waals surface area contributed by atoms with Gasteiger partial charge < -0.3 is 5.32 Å². The van der Waals surface area contributed by atoms with Crippen LogP contribution < -0.4 is 10.0 Å². The molecule has 0 fully saturated rings. The first-order chi connectivity index (χ1) is 7.25. The number of anilines is 1. The molecule has 1 aliphatic heterocycles. The van der Waals surface area contributed by atoms with Crippen LogP contribution in [0.15, 0.2) is 30.6 Å². The minimum Gasteiger partial charge on any atom is -0.368 e. The van der Waals surface area contributed by atoms with Gasteiger partial charge in [0.2, 0.25) is 0 Å². The first-order valence-electron chi connectivity index (χ1n) is 4.36. The van der Waals surface area contributed by atoms with Gasteiger partial charge in [0, 0.05) is 18.1 Å². The smallest absolute Gasteiger partial charge is 0.259 e. The highest BCUT2D eigenvalue weighted by atomic mass is 32.2. The molecule has 0 aliphatic carbocycles. The van der Waals surface area contributed by atoms with Crippen LogP contribution in [0.1, 0.15) is 11.1 Å². The highest BCUT2D eigenvalue weighted by Crippen LogP contribution is 2.19. The Morgan fingerprint density at radius 3 is 2.67 bits per heavy atom. The second kappa shape index (κ2) is 4.29. The van der Waals surface area contributed by atoms with E-state index < -0.39 is 11.3 Å². The Bertz CT molecular complexity index is 455. The number of fused-ring (bicyclic) bond motifs is 1. The summed E-state index contributed by atoms with van der Waals surface area (Å²) in [6.45, 7) is 0. The lowest BCUT2D eigenvalue weighted by Gasteiger charge is -2.04. The van der Waals surface area contributed by atoms with Crippen LogP contribution in [-0.2, 0) is 11.3 Å². The maximum Gasteiger partial charge on any atom is 0.259 e. The molecule has 2 rings (SSSR count). The van der Waals surface area contributed by atoms with Crippen molar-refractivity contribution in [3.8, 4) is 0 Å². The van der Waals surface area contributed by atoms with E-state index in [0.29, 0.717) is 5.69 Å². The lowest BCUT2D eigenvalue weighted by atomic mass is 10.1. The molecule has 0 spiro atoms. The van der Waals surface area contributed by atoms with E-state index in [2.05, 4.69) is 10.0 Å². The molecule has 0 aromatic heterocycles. The minimum absolute atomic E-state index is 0.620. The molecule has 3 N–H and O–H groups in total. The fourth-order valence-corrected chi connectivity index (χ4v) is 1.70. The molecule has 0 bridgehead atoms. The second-order valence-corrected chi connectivity index (χ2v) is 3.73. The molecule has 1 aliphatic rings. The molecule has 1 heterocycles. The van der Waals surface area contributed by atoms with Crippen molar-refractivity contribution < 1.29 is 8.76 Å². The molecule has 1 aromatic rings. The van der Waals surface area contributed by atoms with Gasteiger partial charge in [-0.1, -0.05) is 6.07 Å². The average Bonchev–Trinajstić information content (AvgIpc) is 2.41. The topological polar surface area (TPSA) is 61.4 Å². The van der Waals surface area contributed by atoms with Crippen molar-refractivity contribution in [3.05, 3.63) is 41.7 Å². The summed E-state index contributed by atoms with van der Waals surface area (Å²) in [7, 11) is 0. The van der Waals surface area contributed by atoms with Crippen LogP contribution in [0.3, 0.4) is 0 Å². The van der Waals surface area contributed by atoms with Gasteiger partial charge in [-0.2, -0.15) is 0 Å². The molecular formula is C10H10N2O2S. The normalized spacial score (nSPS) is 15.0. The number of benzene rings is 1. The van der Waals surface area contributed by atoms with Gasteiger partial charge in [-0.15, -0.1) is 0 Å². The zero-order chi connectivity index (χ0) is 10.7. The summed E-state index contributed by atoms with van der Waals surface area (Å²) >= 11 is -2.03. The molecule has 0 saturated carbocycles. The third-order valence-electron chi connectivity index (χ3n) is 2.01. The Morgan fingerprint density at radius 1 is 1.20 bits per heavy atom. The summed E-state index contributed by atoms with van der Waals surface area (Å²) in [5.41, 5.74) is 2.67. The number of hydrogen-bond acceptors (Lipinski definition) is 2. The Labute approximate surface area is 90.1 Å². The Morgan fingerprint density at radius 2 is 1.93 bits per heavy atom. The molecule has 0 radical (unpaired) electrons. The molecular weight excluding hydrogens is 212 g/mol. The molecule has 0 saturated heterocycles. The molecule has 78 valence electrons. The van der Waals surface area contributed by atoms with E-state index in [1.54, 1.807) is 6.07 Å². The van der Waals surface area contributed by atoms with Gasteiger partial charge in [0.15, 0.2) is 0 Å². The van der Waals surface area contributed by atoms with Crippen molar-refractivity contribution in [2.24, 2.45) is 0 Å². The average molecular weight is 222 g/mol. The van der Waals surface area contributed by atoms with E-state index in [9.17, 15) is 4.21 Å². The van der Waals surface area contributed by atoms with Crippen LogP contribution in [0.5, 0.6) is 0 Å². The van der Waals surface area contributed by atoms with Crippen LogP contribution in [-0.4, -0.2) is 8.76 Å². The fraction of sp³-hybridized carbons (Fsp3) is 0. The zero-order valence-corrected chi connectivity index (χ0v) is 8.62. The number of nitrogens with one attached hydrogen (secondary N) is 2. The summed E-state index contributed by atoms with van der Waals surface area (Å²) in [5.74, 6) is 0. The fourth-order valence-electron chi connectivity index (χ4n) is 1.37. The van der Waals surface area contributed by atoms with E-state index in [4.69, 9.17) is 4.55 Å². The van der Waals surface area contributed by atoms with E-state index in [1.807, 2.05) is 36.7 Å². The van der Waals surface area contributed by atoms with Gasteiger partial charge in [0.25, 0.3) is 11.3 Å². The molecule has 5 heteroatoms. The molecule has 1 atom stereocenters. The third-order valence-corrected chi connectivity index (χ3v) is 2.42. The quantitative estimate of drug-likeness (QED) is 0.668. The maximum absolute atomic E-state index is 10.6. The van der Waals surface area contributed by atoms with Crippen molar-refractivity contribution in [2.45, 2.75) is 0 Å². The lowest BCUT2D eigenvalue weighted by Crippen LogP contribution is -2.01. The van der Waals surface area contributed by atoms with Crippen LogP contribution >= 0.6 is 0 Å². The Balaban J connectivity index is 2.36. The van der Waals surface area contributed by atoms with Gasteiger partial charge >= 0.3 is 0 Å². The van der Waals surface area contributed by atoms with Crippen LogP contribution in [0.25, 0.3) is 12.2 Å². The van der Waals surface area contributed by atoms with Crippen molar-refractivity contribution >= 4 is 29.1 Å². The van der Waals surface area contributed by atoms with Gasteiger partial charge in [-0.3, -0.25) is 9.27 Å². The Kier molecular flexibility index (Phi) is 2.84. The van der Waals surface area contributed by atoms with Gasteiger partial charge in [-0.25, -0.2) is 4.21 Å². The van der Waals surface area contributed by atoms with Crippen molar-refractivity contribution in [1.82, 2.24) is 5.32 Å². The number of rotatable bonds is 2. The standard InChI is InChI=1S/C10H10N2O2S/c13-15(14)12-10-2-1-8-3-5-11-6-4-9(8)7-10/h1-7,11-12H,(H,13,14). The summed E-state index contributed by atoms with van der Waals surface area (Å²) in [5, 5.41) is 2.96. The summed E-state index contributed by atoms with van der Waals surface area (Å²) < 4.78 is 21.7. The summed E-state index contributed by atoms with van der Waals surface area (Å²) in [4.78, 5) is 0. The molecule has 1 aromatic carbocycles. The maximum atomic E-state index is 10.6. The second-order valence-electron chi connectivity index (χ2n) is 3.03. The highest BCUT2D eigenvalue weighted by Gasteiger charge is 2.02. The highest BCUT2D eigenvalue weighted by molar-refractivity contribution is 7.80.